The molecule has 4 rings (SSSR count). The third kappa shape index (κ3) is 6.34. The van der Waals surface area contributed by atoms with Crippen molar-refractivity contribution in [3.8, 4) is 0 Å². The molecule has 0 saturated carbocycles. The maximum atomic E-state index is 14.0. The van der Waals surface area contributed by atoms with Crippen molar-refractivity contribution in [3.63, 3.8) is 0 Å². The molecule has 2 N–H and O–H groups in total. The molecule has 1 saturated heterocycles. The number of carbonyl (C=O) groups excluding carboxylic acids is 1. The fourth-order valence-corrected chi connectivity index (χ4v) is 4.33. The Morgan fingerprint density at radius 1 is 1.11 bits per heavy atom. The lowest BCUT2D eigenvalue weighted by molar-refractivity contribution is 0.0190. The molecule has 0 unspecified atom stereocenters. The van der Waals surface area contributed by atoms with Crippen LogP contribution in [0.1, 0.15) is 60.4 Å². The van der Waals surface area contributed by atoms with E-state index in [4.69, 9.17) is 26.3 Å². The predicted molar refractivity (Wildman–Crippen MR) is 139 cm³/mol. The van der Waals surface area contributed by atoms with Gasteiger partial charge in [0.1, 0.15) is 16.9 Å². The van der Waals surface area contributed by atoms with Crippen LogP contribution in [0.2, 0.25) is 5.02 Å². The summed E-state index contributed by atoms with van der Waals surface area (Å²) in [5.41, 5.74) is 0.956. The maximum absolute atomic E-state index is 14.0. The number of nitrogens with zero attached hydrogens (tertiary/aromatic N) is 5. The molecule has 0 radical (unpaired) electrons. The van der Waals surface area contributed by atoms with E-state index in [1.165, 1.54) is 12.1 Å². The van der Waals surface area contributed by atoms with Crippen LogP contribution in [0.4, 0.5) is 26.8 Å². The van der Waals surface area contributed by atoms with Crippen molar-refractivity contribution in [3.05, 3.63) is 35.2 Å². The van der Waals surface area contributed by atoms with Crippen molar-refractivity contribution in [2.45, 2.75) is 71.6 Å². The van der Waals surface area contributed by atoms with E-state index < -0.39 is 11.4 Å². The first-order valence-corrected chi connectivity index (χ1v) is 12.4. The molecule has 1 aliphatic rings. The average molecular weight is 518 g/mol. The summed E-state index contributed by atoms with van der Waals surface area (Å²) in [4.78, 5) is 28.2. The number of imidazole rings is 1. The molecule has 9 nitrogen and oxygen atoms in total. The van der Waals surface area contributed by atoms with Gasteiger partial charge < -0.3 is 20.3 Å². The standard InChI is InChI=1S/C25H33ClFN7O2/c1-24(2,3)32-21-28-14-19-20(31-21)34(22(30-19)29-17-12-15(26)11-16(27)13-17)18-7-9-33(10-8-18)23(35)36-25(4,5)6/h11-14,18H,7-10H2,1-6H3,(H,29,30)(H,28,31,32). The van der Waals surface area contributed by atoms with E-state index in [0.29, 0.717) is 54.7 Å². The van der Waals surface area contributed by atoms with E-state index in [0.717, 1.165) is 0 Å². The van der Waals surface area contributed by atoms with Crippen LogP contribution in [0.3, 0.4) is 0 Å². The highest BCUT2D eigenvalue weighted by Crippen LogP contribution is 2.33. The Morgan fingerprint density at radius 3 is 2.42 bits per heavy atom. The summed E-state index contributed by atoms with van der Waals surface area (Å²) < 4.78 is 21.6. The molecule has 3 aromatic rings. The van der Waals surface area contributed by atoms with Gasteiger partial charge in [-0.15, -0.1) is 0 Å². The third-order valence-corrected chi connectivity index (χ3v) is 5.74. The van der Waals surface area contributed by atoms with Gasteiger partial charge in [-0.25, -0.2) is 19.2 Å². The molecule has 194 valence electrons. The Hall–Kier alpha value is -3.14. The number of hydrogen-bond acceptors (Lipinski definition) is 7. The SMILES string of the molecule is CC(C)(C)Nc1ncc2nc(Nc3cc(F)cc(Cl)c3)n(C3CCN(C(=O)OC(C)(C)C)CC3)c2n1. The van der Waals surface area contributed by atoms with Crippen LogP contribution in [-0.4, -0.2) is 54.7 Å². The highest BCUT2D eigenvalue weighted by Gasteiger charge is 2.30. The molecule has 0 aliphatic carbocycles. The van der Waals surface area contributed by atoms with E-state index in [-0.39, 0.29) is 22.7 Å². The molecule has 36 heavy (non-hydrogen) atoms. The first-order chi connectivity index (χ1) is 16.8. The molecule has 0 bridgehead atoms. The molecule has 1 aromatic carbocycles. The molecule has 11 heteroatoms. The van der Waals surface area contributed by atoms with Gasteiger partial charge >= 0.3 is 6.09 Å². The summed E-state index contributed by atoms with van der Waals surface area (Å²) in [5, 5.41) is 6.79. The number of piperidine rings is 1. The van der Waals surface area contributed by atoms with Gasteiger partial charge in [-0.05, 0) is 72.6 Å². The number of anilines is 3. The second kappa shape index (κ2) is 9.72. The summed E-state index contributed by atoms with van der Waals surface area (Å²) >= 11 is 6.07. The van der Waals surface area contributed by atoms with Crippen molar-refractivity contribution in [1.29, 1.82) is 0 Å². The van der Waals surface area contributed by atoms with Gasteiger partial charge in [-0.2, -0.15) is 4.98 Å². The summed E-state index contributed by atoms with van der Waals surface area (Å²) in [6.07, 6.45) is 2.71. The predicted octanol–water partition coefficient (Wildman–Crippen LogP) is 6.14. The zero-order valence-corrected chi connectivity index (χ0v) is 22.3. The summed E-state index contributed by atoms with van der Waals surface area (Å²) in [5.74, 6) is 0.544. The van der Waals surface area contributed by atoms with Crippen LogP contribution in [0.25, 0.3) is 11.2 Å². The monoisotopic (exact) mass is 517 g/mol. The quantitative estimate of drug-likeness (QED) is 0.428. The minimum Gasteiger partial charge on any atom is -0.444 e. The topological polar surface area (TPSA) is 97.2 Å². The molecule has 1 aliphatic heterocycles. The van der Waals surface area contributed by atoms with Gasteiger partial charge in [0, 0.05) is 35.4 Å². The Kier molecular flexibility index (Phi) is 7.01. The number of amides is 1. The lowest BCUT2D eigenvalue weighted by atomic mass is 10.1. The fourth-order valence-electron chi connectivity index (χ4n) is 4.11. The molecule has 0 spiro atoms. The minimum atomic E-state index is -0.550. The number of aromatic nitrogens is 4. The van der Waals surface area contributed by atoms with Crippen LogP contribution in [0, 0.1) is 5.82 Å². The number of fused-ring (bicyclic) bond motifs is 1. The molecule has 1 amide bonds. The number of halogens is 2. The third-order valence-electron chi connectivity index (χ3n) is 5.52. The van der Waals surface area contributed by atoms with Crippen molar-refractivity contribution < 1.29 is 13.9 Å². The van der Waals surface area contributed by atoms with Crippen LogP contribution in [-0.2, 0) is 4.74 Å². The van der Waals surface area contributed by atoms with Gasteiger partial charge in [0.2, 0.25) is 11.9 Å². The van der Waals surface area contributed by atoms with Crippen molar-refractivity contribution in [1.82, 2.24) is 24.4 Å². The van der Waals surface area contributed by atoms with Crippen molar-refractivity contribution in [2.75, 3.05) is 23.7 Å². The maximum Gasteiger partial charge on any atom is 0.410 e. The molecule has 3 heterocycles. The Labute approximate surface area is 215 Å². The Balaban J connectivity index is 1.67. The van der Waals surface area contributed by atoms with Gasteiger partial charge in [0.15, 0.2) is 5.65 Å². The normalized spacial score (nSPS) is 15.3. The smallest absolute Gasteiger partial charge is 0.410 e. The molecular weight excluding hydrogens is 485 g/mol. The summed E-state index contributed by atoms with van der Waals surface area (Å²) in [7, 11) is 0. The lowest BCUT2D eigenvalue weighted by Gasteiger charge is -2.34. The number of ether oxygens (including phenoxy) is 1. The van der Waals surface area contributed by atoms with Crippen LogP contribution >= 0.6 is 11.6 Å². The number of carbonyl (C=O) groups is 1. The van der Waals surface area contributed by atoms with Crippen molar-refractivity contribution in [2.24, 2.45) is 0 Å². The Morgan fingerprint density at radius 2 is 1.81 bits per heavy atom. The van der Waals surface area contributed by atoms with Crippen LogP contribution in [0.5, 0.6) is 0 Å². The van der Waals surface area contributed by atoms with E-state index in [1.54, 1.807) is 17.2 Å². The molecule has 2 aromatic heterocycles. The highest BCUT2D eigenvalue weighted by molar-refractivity contribution is 6.30. The fraction of sp³-hybridized carbons (Fsp3) is 0.520. The largest absolute Gasteiger partial charge is 0.444 e. The van der Waals surface area contributed by atoms with E-state index in [1.807, 2.05) is 46.1 Å². The van der Waals surface area contributed by atoms with Gasteiger partial charge in [-0.1, -0.05) is 11.6 Å². The zero-order chi connectivity index (χ0) is 26.3. The van der Waals surface area contributed by atoms with E-state index in [2.05, 4.69) is 15.6 Å². The molecular formula is C25H33ClFN7O2. The van der Waals surface area contributed by atoms with Crippen LogP contribution in [0.15, 0.2) is 24.4 Å². The second-order valence-electron chi connectivity index (χ2n) is 11.1. The number of rotatable bonds is 4. The highest BCUT2D eigenvalue weighted by atomic mass is 35.5. The van der Waals surface area contributed by atoms with E-state index in [9.17, 15) is 9.18 Å². The number of nitrogens with one attached hydrogen (secondary N) is 2. The zero-order valence-electron chi connectivity index (χ0n) is 21.5. The first-order valence-electron chi connectivity index (χ1n) is 12.0. The molecule has 1 fully saturated rings. The summed E-state index contributed by atoms with van der Waals surface area (Å²) in [6.45, 7) is 12.7. The number of benzene rings is 1. The minimum absolute atomic E-state index is 0.00222. The second-order valence-corrected chi connectivity index (χ2v) is 11.5. The average Bonchev–Trinajstić information content (AvgIpc) is 3.07. The first kappa shape index (κ1) is 25.9. The van der Waals surface area contributed by atoms with Crippen LogP contribution < -0.4 is 10.6 Å². The summed E-state index contributed by atoms with van der Waals surface area (Å²) in [6, 6.07) is 4.24. The number of likely N-dealkylation sites (tertiary alicyclic amines) is 1. The van der Waals surface area contributed by atoms with E-state index >= 15 is 0 Å². The van der Waals surface area contributed by atoms with Crippen molar-refractivity contribution >= 4 is 46.4 Å². The molecule has 0 atom stereocenters. The Bertz CT molecular complexity index is 1240. The number of hydrogen-bond donors (Lipinski definition) is 2. The van der Waals surface area contributed by atoms with Gasteiger partial charge in [-0.3, -0.25) is 4.57 Å². The lowest BCUT2D eigenvalue weighted by Crippen LogP contribution is -2.42. The van der Waals surface area contributed by atoms with Gasteiger partial charge in [0.25, 0.3) is 0 Å². The van der Waals surface area contributed by atoms with Gasteiger partial charge in [0.05, 0.1) is 6.20 Å².